The molecule has 3 N–H and O–H groups in total. The van der Waals surface area contributed by atoms with Crippen LogP contribution in [0.4, 0.5) is 0 Å². The first kappa shape index (κ1) is 20.4. The van der Waals surface area contributed by atoms with Crippen LogP contribution < -0.4 is 10.5 Å². The van der Waals surface area contributed by atoms with Crippen LogP contribution in [-0.4, -0.2) is 23.6 Å². The molecule has 2 aromatic heterocycles. The standard InChI is InChI=1S/C26H31N3O/c1-3-4-9-18-10-7-12-19-20(11-5-6-16-27)25(29-24(18)19)22-14-15-23(30-2)26-21(22)13-8-17-28-26/h7-8,10,12-15,17,29H,3-6,9,11,16,27H2,1-2H3. The zero-order valence-corrected chi connectivity index (χ0v) is 18.0. The van der Waals surface area contributed by atoms with Crippen molar-refractivity contribution >= 4 is 21.8 Å². The van der Waals surface area contributed by atoms with E-state index in [1.54, 1.807) is 7.11 Å². The molecule has 0 bridgehead atoms. The lowest BCUT2D eigenvalue weighted by Crippen LogP contribution is -1.99. The van der Waals surface area contributed by atoms with Gasteiger partial charge in [0.2, 0.25) is 0 Å². The van der Waals surface area contributed by atoms with E-state index in [0.29, 0.717) is 0 Å². The zero-order chi connectivity index (χ0) is 20.9. The first-order valence-electron chi connectivity index (χ1n) is 11.0. The average Bonchev–Trinajstić information content (AvgIpc) is 3.16. The number of nitrogens with one attached hydrogen (secondary N) is 1. The molecule has 2 heterocycles. The third-order valence-corrected chi connectivity index (χ3v) is 5.93. The molecule has 4 rings (SSSR count). The van der Waals surface area contributed by atoms with Crippen molar-refractivity contribution in [1.29, 1.82) is 0 Å². The number of hydrogen-bond donors (Lipinski definition) is 2. The lowest BCUT2D eigenvalue weighted by atomic mass is 9.96. The summed E-state index contributed by atoms with van der Waals surface area (Å²) >= 11 is 0. The number of benzene rings is 2. The number of aromatic amines is 1. The first-order valence-corrected chi connectivity index (χ1v) is 11.0. The molecule has 0 unspecified atom stereocenters. The molecule has 2 aromatic carbocycles. The van der Waals surface area contributed by atoms with Gasteiger partial charge in [-0.3, -0.25) is 4.98 Å². The fraction of sp³-hybridized carbons (Fsp3) is 0.346. The second kappa shape index (κ2) is 9.31. The lowest BCUT2D eigenvalue weighted by molar-refractivity contribution is 0.419. The van der Waals surface area contributed by atoms with Crippen molar-refractivity contribution in [2.45, 2.75) is 45.4 Å². The predicted octanol–water partition coefficient (Wildman–Crippen LogP) is 6.02. The summed E-state index contributed by atoms with van der Waals surface area (Å²) in [6.45, 7) is 2.98. The summed E-state index contributed by atoms with van der Waals surface area (Å²) in [4.78, 5) is 8.41. The van der Waals surface area contributed by atoms with E-state index in [2.05, 4.69) is 47.2 Å². The third kappa shape index (κ3) is 3.80. The van der Waals surface area contributed by atoms with Crippen molar-refractivity contribution < 1.29 is 4.74 Å². The van der Waals surface area contributed by atoms with Crippen molar-refractivity contribution in [2.24, 2.45) is 5.73 Å². The maximum atomic E-state index is 5.79. The number of aromatic nitrogens is 2. The van der Waals surface area contributed by atoms with Gasteiger partial charge >= 0.3 is 0 Å². The number of H-pyrrole nitrogens is 1. The van der Waals surface area contributed by atoms with Gasteiger partial charge in [0.05, 0.1) is 12.8 Å². The predicted molar refractivity (Wildman–Crippen MR) is 126 cm³/mol. The van der Waals surface area contributed by atoms with Crippen molar-refractivity contribution in [3.8, 4) is 17.0 Å². The molecule has 0 saturated carbocycles. The SMILES string of the molecule is CCCCc1cccc2c(CCCCN)c(-c3ccc(OC)c4ncccc34)[nH]c12. The fourth-order valence-electron chi connectivity index (χ4n) is 4.38. The maximum absolute atomic E-state index is 5.79. The monoisotopic (exact) mass is 401 g/mol. The van der Waals surface area contributed by atoms with Gasteiger partial charge in [-0.15, -0.1) is 0 Å². The quantitative estimate of drug-likeness (QED) is 0.337. The van der Waals surface area contributed by atoms with Crippen molar-refractivity contribution in [2.75, 3.05) is 13.7 Å². The van der Waals surface area contributed by atoms with E-state index >= 15 is 0 Å². The Bertz CT molecular complexity index is 1150. The second-order valence-corrected chi connectivity index (χ2v) is 7.88. The highest BCUT2D eigenvalue weighted by molar-refractivity contribution is 6.02. The lowest BCUT2D eigenvalue weighted by Gasteiger charge is -2.11. The van der Waals surface area contributed by atoms with Gasteiger partial charge in [-0.05, 0) is 68.0 Å². The molecular formula is C26H31N3O. The first-order chi connectivity index (χ1) is 14.8. The van der Waals surface area contributed by atoms with Crippen LogP contribution in [-0.2, 0) is 12.8 Å². The molecule has 0 fully saturated rings. The second-order valence-electron chi connectivity index (χ2n) is 7.88. The summed E-state index contributed by atoms with van der Waals surface area (Å²) in [5.41, 5.74) is 13.1. The number of nitrogens with zero attached hydrogens (tertiary/aromatic N) is 1. The number of nitrogens with two attached hydrogens (primary N) is 1. The summed E-state index contributed by atoms with van der Waals surface area (Å²) in [5, 5.41) is 2.45. The highest BCUT2D eigenvalue weighted by Crippen LogP contribution is 2.38. The van der Waals surface area contributed by atoms with Gasteiger partial charge < -0.3 is 15.5 Å². The van der Waals surface area contributed by atoms with Crippen molar-refractivity contribution in [3.05, 3.63) is 59.8 Å². The van der Waals surface area contributed by atoms with Crippen molar-refractivity contribution in [3.63, 3.8) is 0 Å². The summed E-state index contributed by atoms with van der Waals surface area (Å²) in [6, 6.07) is 15.0. The molecule has 0 atom stereocenters. The molecule has 0 aliphatic rings. The van der Waals surface area contributed by atoms with Crippen LogP contribution in [0.3, 0.4) is 0 Å². The molecule has 156 valence electrons. The smallest absolute Gasteiger partial charge is 0.145 e. The number of ether oxygens (including phenoxy) is 1. The summed E-state index contributed by atoms with van der Waals surface area (Å²) in [5.74, 6) is 0.804. The molecule has 0 radical (unpaired) electrons. The van der Waals surface area contributed by atoms with Crippen LogP contribution >= 0.6 is 0 Å². The molecular weight excluding hydrogens is 370 g/mol. The Labute approximate surface area is 178 Å². The van der Waals surface area contributed by atoms with Gasteiger partial charge in [-0.2, -0.15) is 0 Å². The van der Waals surface area contributed by atoms with E-state index in [1.165, 1.54) is 46.1 Å². The van der Waals surface area contributed by atoms with Gasteiger partial charge in [0, 0.05) is 28.0 Å². The Kier molecular flexibility index (Phi) is 6.34. The minimum absolute atomic E-state index is 0.731. The Balaban J connectivity index is 1.93. The van der Waals surface area contributed by atoms with E-state index in [1.807, 2.05) is 18.3 Å². The maximum Gasteiger partial charge on any atom is 0.145 e. The minimum Gasteiger partial charge on any atom is -0.494 e. The number of pyridine rings is 1. The Hall–Kier alpha value is -2.85. The van der Waals surface area contributed by atoms with Gasteiger partial charge in [0.1, 0.15) is 11.3 Å². The molecule has 4 aromatic rings. The summed E-state index contributed by atoms with van der Waals surface area (Å²) in [6.07, 6.45) is 8.45. The number of aryl methyl sites for hydroxylation is 2. The molecule has 0 aliphatic carbocycles. The normalized spacial score (nSPS) is 11.4. The number of fused-ring (bicyclic) bond motifs is 2. The summed E-state index contributed by atoms with van der Waals surface area (Å²) in [7, 11) is 1.70. The Morgan fingerprint density at radius 2 is 1.83 bits per heavy atom. The molecule has 0 aliphatic heterocycles. The van der Waals surface area contributed by atoms with Gasteiger partial charge in [-0.1, -0.05) is 37.6 Å². The van der Waals surface area contributed by atoms with Crippen LogP contribution in [0.25, 0.3) is 33.1 Å². The van der Waals surface area contributed by atoms with Crippen LogP contribution in [0.15, 0.2) is 48.7 Å². The molecule has 0 amide bonds. The van der Waals surface area contributed by atoms with Crippen LogP contribution in [0.1, 0.15) is 43.7 Å². The largest absolute Gasteiger partial charge is 0.494 e. The number of unbranched alkanes of at least 4 members (excludes halogenated alkanes) is 2. The van der Waals surface area contributed by atoms with E-state index in [9.17, 15) is 0 Å². The van der Waals surface area contributed by atoms with Gasteiger partial charge in [0.15, 0.2) is 0 Å². The van der Waals surface area contributed by atoms with Crippen molar-refractivity contribution in [1.82, 2.24) is 9.97 Å². The van der Waals surface area contributed by atoms with Crippen LogP contribution in [0.5, 0.6) is 5.75 Å². The fourth-order valence-corrected chi connectivity index (χ4v) is 4.38. The van der Waals surface area contributed by atoms with Gasteiger partial charge in [0.25, 0.3) is 0 Å². The zero-order valence-electron chi connectivity index (χ0n) is 18.0. The van der Waals surface area contributed by atoms with E-state index in [0.717, 1.165) is 48.9 Å². The topological polar surface area (TPSA) is 63.9 Å². The highest BCUT2D eigenvalue weighted by Gasteiger charge is 2.18. The number of rotatable bonds is 9. The average molecular weight is 402 g/mol. The molecule has 4 nitrogen and oxygen atoms in total. The van der Waals surface area contributed by atoms with Crippen LogP contribution in [0.2, 0.25) is 0 Å². The van der Waals surface area contributed by atoms with Gasteiger partial charge in [-0.25, -0.2) is 0 Å². The van der Waals surface area contributed by atoms with E-state index < -0.39 is 0 Å². The number of hydrogen-bond acceptors (Lipinski definition) is 3. The molecule has 4 heteroatoms. The number of para-hydroxylation sites is 1. The van der Waals surface area contributed by atoms with E-state index in [-0.39, 0.29) is 0 Å². The molecule has 30 heavy (non-hydrogen) atoms. The molecule has 0 spiro atoms. The minimum atomic E-state index is 0.731. The molecule has 0 saturated heterocycles. The van der Waals surface area contributed by atoms with E-state index in [4.69, 9.17) is 10.5 Å². The number of methoxy groups -OCH3 is 1. The Morgan fingerprint density at radius 3 is 2.63 bits per heavy atom. The highest BCUT2D eigenvalue weighted by atomic mass is 16.5. The summed E-state index contributed by atoms with van der Waals surface area (Å²) < 4.78 is 5.56. The third-order valence-electron chi connectivity index (χ3n) is 5.93. The Morgan fingerprint density at radius 1 is 0.967 bits per heavy atom. The van der Waals surface area contributed by atoms with Crippen LogP contribution in [0, 0.1) is 0 Å².